The van der Waals surface area contributed by atoms with E-state index in [-0.39, 0.29) is 0 Å². The van der Waals surface area contributed by atoms with Crippen molar-refractivity contribution in [2.45, 2.75) is 19.3 Å². The minimum absolute atomic E-state index is 0.462. The molecule has 0 atom stereocenters. The van der Waals surface area contributed by atoms with Gasteiger partial charge in [-0.05, 0) is 43.7 Å². The molecule has 3 rings (SSSR count). The maximum Gasteiger partial charge on any atom is 0.253 e. The zero-order valence-corrected chi connectivity index (χ0v) is 14.8. The molecular weight excluding hydrogens is 332 g/mol. The summed E-state index contributed by atoms with van der Waals surface area (Å²) in [6.07, 6.45) is 1.66. The fourth-order valence-corrected chi connectivity index (χ4v) is 2.66. The van der Waals surface area contributed by atoms with Crippen molar-refractivity contribution in [1.29, 1.82) is 0 Å². The third kappa shape index (κ3) is 3.29. The number of fused-ring (bicyclic) bond motifs is 1. The summed E-state index contributed by atoms with van der Waals surface area (Å²) in [5.74, 6) is 0.258. The SMILES string of the molecule is COc1ccc2c(Nc3ccc(C(C)(C)C(=O)NO)cc3)cnnc2c1. The molecule has 0 aliphatic heterocycles. The van der Waals surface area contributed by atoms with Crippen molar-refractivity contribution < 1.29 is 14.7 Å². The van der Waals surface area contributed by atoms with Crippen molar-refractivity contribution in [3.8, 4) is 5.75 Å². The summed E-state index contributed by atoms with van der Waals surface area (Å²) in [6, 6.07) is 13.1. The van der Waals surface area contributed by atoms with E-state index in [0.29, 0.717) is 0 Å². The van der Waals surface area contributed by atoms with Gasteiger partial charge in [0.1, 0.15) is 5.75 Å². The first-order valence-corrected chi connectivity index (χ1v) is 8.07. The lowest BCUT2D eigenvalue weighted by molar-refractivity contribution is -0.134. The maximum atomic E-state index is 11.8. The number of benzene rings is 2. The first-order chi connectivity index (χ1) is 12.5. The van der Waals surface area contributed by atoms with Crippen LogP contribution in [0, 0.1) is 0 Å². The number of methoxy groups -OCH3 is 1. The van der Waals surface area contributed by atoms with Gasteiger partial charge in [-0.25, -0.2) is 5.48 Å². The van der Waals surface area contributed by atoms with E-state index in [0.717, 1.165) is 33.6 Å². The van der Waals surface area contributed by atoms with Gasteiger partial charge in [0.15, 0.2) is 0 Å². The van der Waals surface area contributed by atoms with Gasteiger partial charge >= 0.3 is 0 Å². The van der Waals surface area contributed by atoms with E-state index in [4.69, 9.17) is 9.94 Å². The predicted molar refractivity (Wildman–Crippen MR) is 98.8 cm³/mol. The molecule has 0 saturated heterocycles. The number of ether oxygens (including phenoxy) is 1. The Balaban J connectivity index is 1.88. The highest BCUT2D eigenvalue weighted by Crippen LogP contribution is 2.29. The van der Waals surface area contributed by atoms with Gasteiger partial charge in [-0.2, -0.15) is 10.2 Å². The van der Waals surface area contributed by atoms with E-state index >= 15 is 0 Å². The van der Waals surface area contributed by atoms with Crippen molar-refractivity contribution in [3.63, 3.8) is 0 Å². The number of rotatable bonds is 5. The number of nitrogens with zero attached hydrogens (tertiary/aromatic N) is 2. The molecule has 0 spiro atoms. The molecule has 134 valence electrons. The molecule has 0 aliphatic rings. The monoisotopic (exact) mass is 352 g/mol. The second-order valence-corrected chi connectivity index (χ2v) is 6.41. The topological polar surface area (TPSA) is 96.4 Å². The highest BCUT2D eigenvalue weighted by molar-refractivity contribution is 5.93. The molecule has 0 aliphatic carbocycles. The van der Waals surface area contributed by atoms with Crippen LogP contribution in [-0.4, -0.2) is 28.4 Å². The third-order valence-electron chi connectivity index (χ3n) is 4.40. The number of amides is 1. The molecule has 1 aromatic heterocycles. The van der Waals surface area contributed by atoms with Crippen LogP contribution < -0.4 is 15.5 Å². The molecule has 0 fully saturated rings. The summed E-state index contributed by atoms with van der Waals surface area (Å²) in [5.41, 5.74) is 4.05. The van der Waals surface area contributed by atoms with E-state index in [2.05, 4.69) is 15.5 Å². The molecule has 3 aromatic rings. The number of carbonyl (C=O) groups excluding carboxylic acids is 1. The normalized spacial score (nSPS) is 11.2. The van der Waals surface area contributed by atoms with Gasteiger partial charge in [-0.1, -0.05) is 12.1 Å². The molecule has 0 unspecified atom stereocenters. The van der Waals surface area contributed by atoms with Crippen molar-refractivity contribution >= 4 is 28.2 Å². The summed E-state index contributed by atoms with van der Waals surface area (Å²) in [7, 11) is 1.61. The molecule has 2 aromatic carbocycles. The van der Waals surface area contributed by atoms with Crippen LogP contribution in [0.3, 0.4) is 0 Å². The first kappa shape index (κ1) is 17.6. The average Bonchev–Trinajstić information content (AvgIpc) is 2.67. The Morgan fingerprint density at radius 1 is 1.15 bits per heavy atom. The molecular formula is C19H20N4O3. The Labute approximate surface area is 151 Å². The van der Waals surface area contributed by atoms with Crippen LogP contribution in [0.2, 0.25) is 0 Å². The van der Waals surface area contributed by atoms with Crippen LogP contribution >= 0.6 is 0 Å². The van der Waals surface area contributed by atoms with Crippen molar-refractivity contribution in [3.05, 3.63) is 54.2 Å². The Morgan fingerprint density at radius 2 is 1.88 bits per heavy atom. The lowest BCUT2D eigenvalue weighted by Gasteiger charge is -2.22. The Morgan fingerprint density at radius 3 is 2.54 bits per heavy atom. The average molecular weight is 352 g/mol. The van der Waals surface area contributed by atoms with Crippen molar-refractivity contribution in [2.24, 2.45) is 0 Å². The summed E-state index contributed by atoms with van der Waals surface area (Å²) in [6.45, 7) is 3.49. The van der Waals surface area contributed by atoms with Gasteiger partial charge in [-0.15, -0.1) is 0 Å². The summed E-state index contributed by atoms with van der Waals surface area (Å²) < 4.78 is 5.22. The Bertz CT molecular complexity index is 939. The van der Waals surface area contributed by atoms with E-state index in [1.165, 1.54) is 0 Å². The smallest absolute Gasteiger partial charge is 0.253 e. The van der Waals surface area contributed by atoms with Crippen LogP contribution in [0.5, 0.6) is 5.75 Å². The molecule has 0 bridgehead atoms. The minimum atomic E-state index is -0.839. The van der Waals surface area contributed by atoms with Crippen LogP contribution in [0.1, 0.15) is 19.4 Å². The quantitative estimate of drug-likeness (QED) is 0.482. The number of hydrogen-bond acceptors (Lipinski definition) is 6. The lowest BCUT2D eigenvalue weighted by atomic mass is 9.84. The van der Waals surface area contributed by atoms with E-state index in [1.54, 1.807) is 32.6 Å². The van der Waals surface area contributed by atoms with Gasteiger partial charge in [0.25, 0.3) is 5.91 Å². The molecule has 0 saturated carbocycles. The largest absolute Gasteiger partial charge is 0.497 e. The third-order valence-corrected chi connectivity index (χ3v) is 4.40. The summed E-state index contributed by atoms with van der Waals surface area (Å²) in [5, 5.41) is 21.3. The zero-order chi connectivity index (χ0) is 18.7. The molecule has 26 heavy (non-hydrogen) atoms. The van der Waals surface area contributed by atoms with Gasteiger partial charge < -0.3 is 10.1 Å². The van der Waals surface area contributed by atoms with Gasteiger partial charge in [0, 0.05) is 17.1 Å². The number of aromatic nitrogens is 2. The molecule has 7 heteroatoms. The standard InChI is InChI=1S/C19H20N4O3/c1-19(2,18(24)23-25)12-4-6-13(7-5-12)21-17-11-20-22-16-10-14(26-3)8-9-15(16)17/h4-11,25H,1-3H3,(H,21,22)(H,23,24). The number of anilines is 2. The Hall–Kier alpha value is -3.19. The van der Waals surface area contributed by atoms with E-state index in [9.17, 15) is 4.79 Å². The fourth-order valence-electron chi connectivity index (χ4n) is 2.66. The van der Waals surface area contributed by atoms with Gasteiger partial charge in [-0.3, -0.25) is 10.0 Å². The zero-order valence-electron chi connectivity index (χ0n) is 14.8. The van der Waals surface area contributed by atoms with Crippen LogP contribution in [0.4, 0.5) is 11.4 Å². The second kappa shape index (κ2) is 6.97. The van der Waals surface area contributed by atoms with Crippen molar-refractivity contribution in [1.82, 2.24) is 15.7 Å². The van der Waals surface area contributed by atoms with Crippen molar-refractivity contribution in [2.75, 3.05) is 12.4 Å². The van der Waals surface area contributed by atoms with Crippen LogP contribution in [-0.2, 0) is 10.2 Å². The van der Waals surface area contributed by atoms with E-state index in [1.807, 2.05) is 42.5 Å². The number of hydrogen-bond donors (Lipinski definition) is 3. The number of hydroxylamine groups is 1. The minimum Gasteiger partial charge on any atom is -0.497 e. The first-order valence-electron chi connectivity index (χ1n) is 8.07. The maximum absolute atomic E-state index is 11.8. The number of nitrogens with one attached hydrogen (secondary N) is 2. The summed E-state index contributed by atoms with van der Waals surface area (Å²) >= 11 is 0. The Kier molecular flexibility index (Phi) is 4.73. The molecule has 1 heterocycles. The highest BCUT2D eigenvalue weighted by Gasteiger charge is 2.29. The lowest BCUT2D eigenvalue weighted by Crippen LogP contribution is -2.38. The van der Waals surface area contributed by atoms with E-state index < -0.39 is 11.3 Å². The number of carbonyl (C=O) groups is 1. The van der Waals surface area contributed by atoms with Gasteiger partial charge in [0.2, 0.25) is 0 Å². The molecule has 0 radical (unpaired) electrons. The predicted octanol–water partition coefficient (Wildman–Crippen LogP) is 3.17. The summed E-state index contributed by atoms with van der Waals surface area (Å²) in [4.78, 5) is 11.8. The van der Waals surface area contributed by atoms with Crippen LogP contribution in [0.25, 0.3) is 10.9 Å². The molecule has 7 nitrogen and oxygen atoms in total. The fraction of sp³-hybridized carbons (Fsp3) is 0.211. The van der Waals surface area contributed by atoms with Gasteiger partial charge in [0.05, 0.1) is 29.9 Å². The van der Waals surface area contributed by atoms with Crippen LogP contribution in [0.15, 0.2) is 48.7 Å². The highest BCUT2D eigenvalue weighted by atomic mass is 16.5. The molecule has 1 amide bonds. The second-order valence-electron chi connectivity index (χ2n) is 6.41. The molecule has 3 N–H and O–H groups in total.